The molecule has 0 spiro atoms. The number of methoxy groups -OCH3 is 1. The van der Waals surface area contributed by atoms with Crippen LogP contribution in [0, 0.1) is 5.92 Å². The van der Waals surface area contributed by atoms with Gasteiger partial charge in [0.25, 0.3) is 0 Å². The van der Waals surface area contributed by atoms with Crippen LogP contribution in [0.4, 0.5) is 13.2 Å². The van der Waals surface area contributed by atoms with Crippen molar-refractivity contribution in [2.24, 2.45) is 5.92 Å². The number of halogens is 3. The second-order valence-electron chi connectivity index (χ2n) is 6.33. The number of benzene rings is 1. The molecule has 142 valence electrons. The molecule has 0 unspecified atom stereocenters. The number of rotatable bonds is 5. The lowest BCUT2D eigenvalue weighted by molar-refractivity contribution is -0.147. The van der Waals surface area contributed by atoms with E-state index in [4.69, 9.17) is 4.74 Å². The molecule has 5 nitrogen and oxygen atoms in total. The van der Waals surface area contributed by atoms with Gasteiger partial charge in [0.15, 0.2) is 0 Å². The van der Waals surface area contributed by atoms with Crippen molar-refractivity contribution < 1.29 is 32.3 Å². The number of amides is 1. The van der Waals surface area contributed by atoms with Gasteiger partial charge in [-0.2, -0.15) is 13.2 Å². The molecule has 1 aromatic carbocycles. The summed E-state index contributed by atoms with van der Waals surface area (Å²) in [5.41, 5.74) is -0.409. The third kappa shape index (κ3) is 5.31. The Labute approximate surface area is 148 Å². The van der Waals surface area contributed by atoms with Crippen LogP contribution in [-0.2, 0) is 31.7 Å². The second kappa shape index (κ2) is 8.33. The standard InChI is InChI=1S/C18H20F3NO4/c1-26-17(25)16(12-3-2-4-14(23)10-12)22-15(24)9-11-5-7-13(8-6-11)18(19,20)21/h5-8,12,16H,2-4,9-10H2,1H3,(H,22,24)/t12-,16-/m0/s1. The minimum atomic E-state index is -4.44. The lowest BCUT2D eigenvalue weighted by Crippen LogP contribution is -2.48. The van der Waals surface area contributed by atoms with E-state index in [2.05, 4.69) is 5.32 Å². The highest BCUT2D eigenvalue weighted by Crippen LogP contribution is 2.29. The van der Waals surface area contributed by atoms with E-state index in [-0.39, 0.29) is 24.5 Å². The van der Waals surface area contributed by atoms with E-state index in [1.54, 1.807) is 0 Å². The number of carbonyl (C=O) groups is 3. The van der Waals surface area contributed by atoms with E-state index in [1.807, 2.05) is 0 Å². The Hall–Kier alpha value is -2.38. The van der Waals surface area contributed by atoms with E-state index in [0.717, 1.165) is 12.1 Å². The van der Waals surface area contributed by atoms with Crippen LogP contribution in [0.5, 0.6) is 0 Å². The van der Waals surface area contributed by atoms with Crippen LogP contribution < -0.4 is 5.32 Å². The third-order valence-electron chi connectivity index (χ3n) is 4.41. The maximum atomic E-state index is 12.6. The molecular formula is C18H20F3NO4. The summed E-state index contributed by atoms with van der Waals surface area (Å²) in [6.45, 7) is 0. The van der Waals surface area contributed by atoms with Crippen molar-refractivity contribution in [1.82, 2.24) is 5.32 Å². The summed E-state index contributed by atoms with van der Waals surface area (Å²) < 4.78 is 42.4. The van der Waals surface area contributed by atoms with Gasteiger partial charge in [0.05, 0.1) is 19.1 Å². The van der Waals surface area contributed by atoms with E-state index in [0.29, 0.717) is 24.8 Å². The normalized spacial score (nSPS) is 18.9. The molecule has 1 amide bonds. The fourth-order valence-corrected chi connectivity index (χ4v) is 3.06. The monoisotopic (exact) mass is 371 g/mol. The average molecular weight is 371 g/mol. The highest BCUT2D eigenvalue weighted by molar-refractivity contribution is 5.87. The van der Waals surface area contributed by atoms with E-state index in [1.165, 1.54) is 19.2 Å². The first-order valence-electron chi connectivity index (χ1n) is 8.25. The zero-order valence-electron chi connectivity index (χ0n) is 14.3. The number of hydrogen-bond donors (Lipinski definition) is 1. The second-order valence-corrected chi connectivity index (χ2v) is 6.33. The molecule has 2 atom stereocenters. The SMILES string of the molecule is COC(=O)[C@@H](NC(=O)Cc1ccc(C(F)(F)F)cc1)[C@H]1CCCC(=O)C1. The minimum absolute atomic E-state index is 0.0344. The van der Waals surface area contributed by atoms with Crippen molar-refractivity contribution in [3.05, 3.63) is 35.4 Å². The average Bonchev–Trinajstić information content (AvgIpc) is 2.58. The molecule has 0 aromatic heterocycles. The number of carbonyl (C=O) groups excluding carboxylic acids is 3. The topological polar surface area (TPSA) is 72.5 Å². The maximum Gasteiger partial charge on any atom is 0.416 e. The van der Waals surface area contributed by atoms with Crippen molar-refractivity contribution in [3.8, 4) is 0 Å². The van der Waals surface area contributed by atoms with E-state index >= 15 is 0 Å². The van der Waals surface area contributed by atoms with E-state index < -0.39 is 29.7 Å². The molecule has 1 N–H and O–H groups in total. The van der Waals surface area contributed by atoms with Crippen LogP contribution in [-0.4, -0.2) is 30.8 Å². The van der Waals surface area contributed by atoms with Gasteiger partial charge < -0.3 is 10.1 Å². The first-order valence-corrected chi connectivity index (χ1v) is 8.25. The fraction of sp³-hybridized carbons (Fsp3) is 0.500. The fourth-order valence-electron chi connectivity index (χ4n) is 3.06. The Kier molecular flexibility index (Phi) is 6.39. The molecule has 1 fully saturated rings. The predicted molar refractivity (Wildman–Crippen MR) is 86.1 cm³/mol. The van der Waals surface area contributed by atoms with Gasteiger partial charge in [0.1, 0.15) is 11.8 Å². The summed E-state index contributed by atoms with van der Waals surface area (Å²) in [6, 6.07) is 3.31. The van der Waals surface area contributed by atoms with Crippen LogP contribution >= 0.6 is 0 Å². The third-order valence-corrected chi connectivity index (χ3v) is 4.41. The Morgan fingerprint density at radius 2 is 1.92 bits per heavy atom. The van der Waals surface area contributed by atoms with Gasteiger partial charge in [-0.05, 0) is 36.5 Å². The zero-order chi connectivity index (χ0) is 19.3. The van der Waals surface area contributed by atoms with Crippen molar-refractivity contribution in [2.45, 2.75) is 44.3 Å². The summed E-state index contributed by atoms with van der Waals surface area (Å²) in [6.07, 6.45) is -2.70. The van der Waals surface area contributed by atoms with Crippen molar-refractivity contribution in [3.63, 3.8) is 0 Å². The van der Waals surface area contributed by atoms with Gasteiger partial charge in [0.2, 0.25) is 5.91 Å². The highest BCUT2D eigenvalue weighted by atomic mass is 19.4. The molecule has 8 heteroatoms. The van der Waals surface area contributed by atoms with Crippen molar-refractivity contribution >= 4 is 17.7 Å². The molecule has 0 heterocycles. The number of ether oxygens (including phenoxy) is 1. The highest BCUT2D eigenvalue weighted by Gasteiger charge is 2.34. The Morgan fingerprint density at radius 1 is 1.27 bits per heavy atom. The zero-order valence-corrected chi connectivity index (χ0v) is 14.3. The van der Waals surface area contributed by atoms with Gasteiger partial charge in [-0.3, -0.25) is 9.59 Å². The molecule has 1 saturated carbocycles. The molecular weight excluding hydrogens is 351 g/mol. The molecule has 0 aliphatic heterocycles. The number of alkyl halides is 3. The number of Topliss-reactive ketones (excluding diaryl/α,β-unsaturated/α-hetero) is 1. The van der Waals surface area contributed by atoms with Gasteiger partial charge in [-0.1, -0.05) is 12.1 Å². The molecule has 0 radical (unpaired) electrons. The molecule has 0 bridgehead atoms. The van der Waals surface area contributed by atoms with Gasteiger partial charge in [-0.25, -0.2) is 4.79 Å². The van der Waals surface area contributed by atoms with Gasteiger partial charge >= 0.3 is 12.1 Å². The molecule has 1 aliphatic carbocycles. The summed E-state index contributed by atoms with van der Waals surface area (Å²) in [7, 11) is 1.20. The number of hydrogen-bond acceptors (Lipinski definition) is 4. The first-order chi connectivity index (χ1) is 12.2. The van der Waals surface area contributed by atoms with Crippen molar-refractivity contribution in [1.29, 1.82) is 0 Å². The summed E-state index contributed by atoms with van der Waals surface area (Å²) in [4.78, 5) is 35.8. The Balaban J connectivity index is 2.02. The predicted octanol–water partition coefficient (Wildman–Crippen LogP) is 2.67. The number of nitrogens with one attached hydrogen (secondary N) is 1. The van der Waals surface area contributed by atoms with Crippen molar-refractivity contribution in [2.75, 3.05) is 7.11 Å². The van der Waals surface area contributed by atoms with Gasteiger partial charge in [-0.15, -0.1) is 0 Å². The Morgan fingerprint density at radius 3 is 2.46 bits per heavy atom. The smallest absolute Gasteiger partial charge is 0.416 e. The summed E-state index contributed by atoms with van der Waals surface area (Å²) in [5, 5.41) is 2.56. The summed E-state index contributed by atoms with van der Waals surface area (Å²) in [5.74, 6) is -1.45. The van der Waals surface area contributed by atoms with E-state index in [9.17, 15) is 27.6 Å². The minimum Gasteiger partial charge on any atom is -0.467 e. The molecule has 1 aliphatic rings. The lowest BCUT2D eigenvalue weighted by Gasteiger charge is -2.28. The van der Waals surface area contributed by atoms with Crippen LogP contribution in [0.3, 0.4) is 0 Å². The van der Waals surface area contributed by atoms with Crippen LogP contribution in [0.2, 0.25) is 0 Å². The first kappa shape index (κ1) is 19.9. The van der Waals surface area contributed by atoms with Crippen LogP contribution in [0.25, 0.3) is 0 Å². The maximum absolute atomic E-state index is 12.6. The molecule has 0 saturated heterocycles. The largest absolute Gasteiger partial charge is 0.467 e. The number of esters is 1. The molecule has 1 aromatic rings. The molecule has 26 heavy (non-hydrogen) atoms. The van der Waals surface area contributed by atoms with Crippen LogP contribution in [0.15, 0.2) is 24.3 Å². The lowest BCUT2D eigenvalue weighted by atomic mass is 9.83. The summed E-state index contributed by atoms with van der Waals surface area (Å²) >= 11 is 0. The Bertz CT molecular complexity index is 670. The molecule has 2 rings (SSSR count). The quantitative estimate of drug-likeness (QED) is 0.808. The van der Waals surface area contributed by atoms with Gasteiger partial charge in [0, 0.05) is 12.8 Å². The number of ketones is 1. The van der Waals surface area contributed by atoms with Crippen LogP contribution in [0.1, 0.15) is 36.8 Å².